The van der Waals surface area contributed by atoms with E-state index in [4.69, 9.17) is 11.5 Å². The number of hydrogen-bond acceptors (Lipinski definition) is 4. The molecule has 0 aliphatic heterocycles. The first kappa shape index (κ1) is 6.95. The van der Waals surface area contributed by atoms with Crippen LogP contribution in [0.4, 0.5) is 5.95 Å². The summed E-state index contributed by atoms with van der Waals surface area (Å²) in [6.45, 7) is 1.87. The molecule has 4 N–H and O–H groups in total. The van der Waals surface area contributed by atoms with Crippen LogP contribution in [0.1, 0.15) is 18.5 Å². The smallest absolute Gasteiger partial charge is 0.219 e. The maximum atomic E-state index is 5.54. The zero-order valence-corrected chi connectivity index (χ0v) is 5.78. The molecule has 1 rings (SSSR count). The van der Waals surface area contributed by atoms with Gasteiger partial charge in [-0.25, -0.2) is 9.97 Å². The molecule has 1 aromatic heterocycles. The average Bonchev–Trinajstić information content (AvgIpc) is 1.88. The number of aromatic nitrogens is 2. The first-order valence-electron chi connectivity index (χ1n) is 3.03. The summed E-state index contributed by atoms with van der Waals surface area (Å²) in [5.41, 5.74) is 11.7. The van der Waals surface area contributed by atoms with Gasteiger partial charge in [0.2, 0.25) is 5.95 Å². The minimum Gasteiger partial charge on any atom is -0.368 e. The third-order valence-corrected chi connectivity index (χ3v) is 1.22. The number of anilines is 1. The van der Waals surface area contributed by atoms with Crippen molar-refractivity contribution in [1.82, 2.24) is 9.97 Å². The van der Waals surface area contributed by atoms with E-state index in [0.29, 0.717) is 0 Å². The van der Waals surface area contributed by atoms with Crippen LogP contribution in [0, 0.1) is 0 Å². The fourth-order valence-electron chi connectivity index (χ4n) is 0.583. The molecule has 0 aliphatic carbocycles. The molecule has 1 aromatic rings. The van der Waals surface area contributed by atoms with E-state index in [1.54, 1.807) is 12.4 Å². The van der Waals surface area contributed by atoms with Gasteiger partial charge in [0.25, 0.3) is 0 Å². The molecule has 1 heterocycles. The Labute approximate surface area is 59.3 Å². The van der Waals surface area contributed by atoms with Crippen LogP contribution in [0.5, 0.6) is 0 Å². The number of nitrogen functional groups attached to an aromatic ring is 1. The normalized spacial score (nSPS) is 13.0. The minimum atomic E-state index is -0.0272. The first-order chi connectivity index (χ1) is 4.70. The van der Waals surface area contributed by atoms with Gasteiger partial charge in [0.05, 0.1) is 0 Å². The van der Waals surface area contributed by atoms with Crippen LogP contribution < -0.4 is 11.5 Å². The lowest BCUT2D eigenvalue weighted by Gasteiger charge is -2.02. The van der Waals surface area contributed by atoms with Gasteiger partial charge < -0.3 is 11.5 Å². The van der Waals surface area contributed by atoms with Crippen molar-refractivity contribution in [3.8, 4) is 0 Å². The van der Waals surface area contributed by atoms with Crippen LogP contribution >= 0.6 is 0 Å². The van der Waals surface area contributed by atoms with E-state index in [1.165, 1.54) is 0 Å². The van der Waals surface area contributed by atoms with Gasteiger partial charge in [-0.3, -0.25) is 0 Å². The highest BCUT2D eigenvalue weighted by Gasteiger charge is 1.98. The summed E-state index contributed by atoms with van der Waals surface area (Å²) in [4.78, 5) is 7.57. The van der Waals surface area contributed by atoms with Gasteiger partial charge in [0.1, 0.15) is 0 Å². The van der Waals surface area contributed by atoms with Gasteiger partial charge in [0, 0.05) is 24.0 Å². The molecule has 0 saturated carbocycles. The van der Waals surface area contributed by atoms with Crippen molar-refractivity contribution in [2.45, 2.75) is 13.0 Å². The van der Waals surface area contributed by atoms with E-state index in [1.807, 2.05) is 6.92 Å². The Balaban J connectivity index is 2.89. The summed E-state index contributed by atoms with van der Waals surface area (Å²) in [6.07, 6.45) is 3.26. The first-order valence-corrected chi connectivity index (χ1v) is 3.03. The van der Waals surface area contributed by atoms with Gasteiger partial charge in [-0.15, -0.1) is 0 Å². The second-order valence-corrected chi connectivity index (χ2v) is 2.16. The van der Waals surface area contributed by atoms with Gasteiger partial charge in [-0.1, -0.05) is 0 Å². The Morgan fingerprint density at radius 1 is 1.40 bits per heavy atom. The van der Waals surface area contributed by atoms with Crippen LogP contribution in [-0.4, -0.2) is 9.97 Å². The molecule has 0 unspecified atom stereocenters. The zero-order valence-electron chi connectivity index (χ0n) is 5.78. The van der Waals surface area contributed by atoms with Crippen LogP contribution in [0.25, 0.3) is 0 Å². The molecular formula is C6H10N4. The molecule has 0 aromatic carbocycles. The quantitative estimate of drug-likeness (QED) is 0.576. The highest BCUT2D eigenvalue weighted by atomic mass is 15.0. The maximum absolute atomic E-state index is 5.54. The van der Waals surface area contributed by atoms with Crippen LogP contribution in [-0.2, 0) is 0 Å². The third kappa shape index (κ3) is 1.41. The molecular weight excluding hydrogens is 128 g/mol. The second-order valence-electron chi connectivity index (χ2n) is 2.16. The molecule has 0 spiro atoms. The van der Waals surface area contributed by atoms with Crippen LogP contribution in [0.3, 0.4) is 0 Å². The summed E-state index contributed by atoms with van der Waals surface area (Å²) in [5, 5.41) is 0. The Hall–Kier alpha value is -1.16. The van der Waals surface area contributed by atoms with Crippen molar-refractivity contribution in [2.75, 3.05) is 5.73 Å². The standard InChI is InChI=1S/C6H10N4/c1-4(7)5-2-9-6(8)10-3-5/h2-4H,7H2,1H3,(H2,8,9,10)/t4-/m1/s1. The van der Waals surface area contributed by atoms with E-state index >= 15 is 0 Å². The van der Waals surface area contributed by atoms with Crippen molar-refractivity contribution in [1.29, 1.82) is 0 Å². The van der Waals surface area contributed by atoms with Gasteiger partial charge >= 0.3 is 0 Å². The Morgan fingerprint density at radius 3 is 2.30 bits per heavy atom. The lowest BCUT2D eigenvalue weighted by molar-refractivity contribution is 0.804. The van der Waals surface area contributed by atoms with E-state index in [0.717, 1.165) is 5.56 Å². The minimum absolute atomic E-state index is 0.0272. The molecule has 0 amide bonds. The van der Waals surface area contributed by atoms with Crippen LogP contribution in [0.2, 0.25) is 0 Å². The highest BCUT2D eigenvalue weighted by Crippen LogP contribution is 2.05. The van der Waals surface area contributed by atoms with Crippen molar-refractivity contribution < 1.29 is 0 Å². The predicted octanol–water partition coefficient (Wildman–Crippen LogP) is 0.0785. The fraction of sp³-hybridized carbons (Fsp3) is 0.333. The van der Waals surface area contributed by atoms with E-state index in [9.17, 15) is 0 Å². The summed E-state index contributed by atoms with van der Waals surface area (Å²) >= 11 is 0. The lowest BCUT2D eigenvalue weighted by Crippen LogP contribution is -2.06. The topological polar surface area (TPSA) is 77.8 Å². The van der Waals surface area contributed by atoms with E-state index in [-0.39, 0.29) is 12.0 Å². The Kier molecular flexibility index (Phi) is 1.82. The summed E-state index contributed by atoms with van der Waals surface area (Å²) in [6, 6.07) is -0.0272. The monoisotopic (exact) mass is 138 g/mol. The molecule has 54 valence electrons. The largest absolute Gasteiger partial charge is 0.368 e. The number of hydrogen-bond donors (Lipinski definition) is 2. The predicted molar refractivity (Wildman–Crippen MR) is 39.0 cm³/mol. The van der Waals surface area contributed by atoms with Gasteiger partial charge in [-0.05, 0) is 6.92 Å². The molecule has 0 aliphatic rings. The Bertz CT molecular complexity index is 203. The fourth-order valence-corrected chi connectivity index (χ4v) is 0.583. The molecule has 0 bridgehead atoms. The van der Waals surface area contributed by atoms with Gasteiger partial charge in [0.15, 0.2) is 0 Å². The Morgan fingerprint density at radius 2 is 1.90 bits per heavy atom. The molecule has 10 heavy (non-hydrogen) atoms. The molecule has 0 fully saturated rings. The summed E-state index contributed by atoms with van der Waals surface area (Å²) in [5.74, 6) is 0.282. The van der Waals surface area contributed by atoms with Crippen molar-refractivity contribution >= 4 is 5.95 Å². The molecule has 4 nitrogen and oxygen atoms in total. The number of rotatable bonds is 1. The molecule has 4 heteroatoms. The average molecular weight is 138 g/mol. The van der Waals surface area contributed by atoms with E-state index in [2.05, 4.69) is 9.97 Å². The van der Waals surface area contributed by atoms with E-state index < -0.39 is 0 Å². The van der Waals surface area contributed by atoms with Gasteiger partial charge in [-0.2, -0.15) is 0 Å². The second kappa shape index (κ2) is 2.62. The highest BCUT2D eigenvalue weighted by molar-refractivity contribution is 5.18. The lowest BCUT2D eigenvalue weighted by atomic mass is 10.2. The molecule has 1 atom stereocenters. The molecule has 0 saturated heterocycles. The maximum Gasteiger partial charge on any atom is 0.219 e. The summed E-state index contributed by atoms with van der Waals surface area (Å²) < 4.78 is 0. The summed E-state index contributed by atoms with van der Waals surface area (Å²) in [7, 11) is 0. The number of nitrogens with zero attached hydrogens (tertiary/aromatic N) is 2. The van der Waals surface area contributed by atoms with Crippen molar-refractivity contribution in [3.05, 3.63) is 18.0 Å². The molecule has 0 radical (unpaired) electrons. The third-order valence-electron chi connectivity index (χ3n) is 1.22. The zero-order chi connectivity index (χ0) is 7.56. The SMILES string of the molecule is C[C@@H](N)c1cnc(N)nc1. The van der Waals surface area contributed by atoms with Crippen molar-refractivity contribution in [2.24, 2.45) is 5.73 Å². The van der Waals surface area contributed by atoms with Crippen LogP contribution in [0.15, 0.2) is 12.4 Å². The van der Waals surface area contributed by atoms with Crippen molar-refractivity contribution in [3.63, 3.8) is 0 Å². The number of nitrogens with two attached hydrogens (primary N) is 2.